The van der Waals surface area contributed by atoms with E-state index in [0.29, 0.717) is 18.4 Å². The third-order valence-electron chi connectivity index (χ3n) is 2.68. The average molecular weight is 235 g/mol. The first-order valence-corrected chi connectivity index (χ1v) is 5.51. The topological polar surface area (TPSA) is 135 Å². The molecular weight excluding hydrogens is 218 g/mol. The van der Waals surface area contributed by atoms with E-state index in [1.54, 1.807) is 12.4 Å². The highest BCUT2D eigenvalue weighted by Crippen LogP contribution is 2.27. The maximum Gasteiger partial charge on any atom is 0.197 e. The van der Waals surface area contributed by atoms with Crippen LogP contribution in [-0.2, 0) is 0 Å². The molecule has 0 aromatic carbocycles. The summed E-state index contributed by atoms with van der Waals surface area (Å²) in [7, 11) is 0. The van der Waals surface area contributed by atoms with Crippen LogP contribution < -0.4 is 17.2 Å². The lowest BCUT2D eigenvalue weighted by Crippen LogP contribution is -2.07. The number of nitrogens with two attached hydrogens (primary N) is 3. The second-order valence-electron chi connectivity index (χ2n) is 3.93. The zero-order valence-corrected chi connectivity index (χ0v) is 9.48. The third kappa shape index (κ3) is 2.56. The molecular formula is C10H17N7. The van der Waals surface area contributed by atoms with E-state index in [-0.39, 0.29) is 5.92 Å². The van der Waals surface area contributed by atoms with Gasteiger partial charge in [0.05, 0.1) is 12.4 Å². The van der Waals surface area contributed by atoms with E-state index in [2.05, 4.69) is 19.9 Å². The summed E-state index contributed by atoms with van der Waals surface area (Å²) in [4.78, 5) is 14.1. The number of imidazole rings is 2. The lowest BCUT2D eigenvalue weighted by atomic mass is 9.97. The predicted molar refractivity (Wildman–Crippen MR) is 66.1 cm³/mol. The zero-order chi connectivity index (χ0) is 12.3. The molecule has 2 aromatic rings. The van der Waals surface area contributed by atoms with Gasteiger partial charge in [0, 0.05) is 17.3 Å². The minimum Gasteiger partial charge on any atom is -0.369 e. The second kappa shape index (κ2) is 4.88. The van der Waals surface area contributed by atoms with Crippen molar-refractivity contribution in [3.05, 3.63) is 23.8 Å². The summed E-state index contributed by atoms with van der Waals surface area (Å²) in [5, 5.41) is 0. The van der Waals surface area contributed by atoms with Gasteiger partial charge in [-0.1, -0.05) is 0 Å². The molecule has 0 fully saturated rings. The van der Waals surface area contributed by atoms with Gasteiger partial charge >= 0.3 is 0 Å². The maximum absolute atomic E-state index is 5.59. The van der Waals surface area contributed by atoms with Crippen LogP contribution in [0.2, 0.25) is 0 Å². The fourth-order valence-electron chi connectivity index (χ4n) is 1.86. The molecule has 0 radical (unpaired) electrons. The van der Waals surface area contributed by atoms with Gasteiger partial charge in [-0.15, -0.1) is 0 Å². The molecule has 0 amide bonds. The van der Waals surface area contributed by atoms with Crippen molar-refractivity contribution in [1.82, 2.24) is 19.9 Å². The molecule has 0 atom stereocenters. The van der Waals surface area contributed by atoms with Crippen LogP contribution in [-0.4, -0.2) is 26.5 Å². The van der Waals surface area contributed by atoms with Crippen LogP contribution in [0, 0.1) is 0 Å². The van der Waals surface area contributed by atoms with E-state index >= 15 is 0 Å². The summed E-state index contributed by atoms with van der Waals surface area (Å²) in [5.74, 6) is 0.934. The first kappa shape index (κ1) is 11.5. The van der Waals surface area contributed by atoms with Crippen LogP contribution in [0.3, 0.4) is 0 Å². The molecule has 92 valence electrons. The normalized spacial score (nSPS) is 11.2. The number of anilines is 2. The predicted octanol–water partition coefficient (Wildman–Crippen LogP) is 0.168. The molecule has 2 aromatic heterocycles. The number of nitrogens with zero attached hydrogens (tertiary/aromatic N) is 2. The number of nitrogens with one attached hydrogen (secondary N) is 2. The standard InChI is InChI=1S/C10H17N7/c11-3-1-2-6(7-4-14-9(12)16-7)8-5-15-10(13)17-8/h4-6H,1-3,11H2,(H3,12,14,16)(H3,13,15,17). The van der Waals surface area contributed by atoms with Gasteiger partial charge in [0.1, 0.15) is 0 Å². The van der Waals surface area contributed by atoms with E-state index in [1.165, 1.54) is 0 Å². The van der Waals surface area contributed by atoms with Gasteiger partial charge in [-0.3, -0.25) is 0 Å². The Morgan fingerprint density at radius 2 is 1.59 bits per heavy atom. The van der Waals surface area contributed by atoms with Crippen molar-refractivity contribution in [1.29, 1.82) is 0 Å². The van der Waals surface area contributed by atoms with E-state index in [0.717, 1.165) is 24.2 Å². The fourth-order valence-corrected chi connectivity index (χ4v) is 1.86. The molecule has 0 aliphatic heterocycles. The smallest absolute Gasteiger partial charge is 0.197 e. The quantitative estimate of drug-likeness (QED) is 0.503. The zero-order valence-electron chi connectivity index (χ0n) is 9.48. The first-order valence-electron chi connectivity index (χ1n) is 5.51. The van der Waals surface area contributed by atoms with Gasteiger partial charge in [-0.05, 0) is 19.4 Å². The van der Waals surface area contributed by atoms with Crippen LogP contribution in [0.1, 0.15) is 30.1 Å². The molecule has 0 aliphatic rings. The minimum atomic E-state index is 0.119. The fraction of sp³-hybridized carbons (Fsp3) is 0.400. The number of rotatable bonds is 5. The van der Waals surface area contributed by atoms with Crippen molar-refractivity contribution in [3.8, 4) is 0 Å². The van der Waals surface area contributed by atoms with Crippen LogP contribution in [0.4, 0.5) is 11.9 Å². The Labute approximate surface area is 98.8 Å². The van der Waals surface area contributed by atoms with E-state index in [1.807, 2.05) is 0 Å². The number of hydrogen-bond donors (Lipinski definition) is 5. The van der Waals surface area contributed by atoms with Gasteiger partial charge < -0.3 is 27.2 Å². The molecule has 17 heavy (non-hydrogen) atoms. The molecule has 8 N–H and O–H groups in total. The summed E-state index contributed by atoms with van der Waals surface area (Å²) in [5.41, 5.74) is 18.6. The van der Waals surface area contributed by atoms with E-state index in [9.17, 15) is 0 Å². The minimum absolute atomic E-state index is 0.119. The third-order valence-corrected chi connectivity index (χ3v) is 2.68. The number of hydrogen-bond acceptors (Lipinski definition) is 5. The van der Waals surface area contributed by atoms with Gasteiger partial charge in [0.15, 0.2) is 11.9 Å². The Morgan fingerprint density at radius 1 is 1.06 bits per heavy atom. The van der Waals surface area contributed by atoms with Gasteiger partial charge in [-0.25, -0.2) is 9.97 Å². The highest BCUT2D eigenvalue weighted by molar-refractivity contribution is 5.29. The van der Waals surface area contributed by atoms with Crippen molar-refractivity contribution < 1.29 is 0 Å². The molecule has 7 heteroatoms. The van der Waals surface area contributed by atoms with Crippen molar-refractivity contribution in [2.75, 3.05) is 18.0 Å². The van der Waals surface area contributed by atoms with E-state index < -0.39 is 0 Å². The van der Waals surface area contributed by atoms with Crippen molar-refractivity contribution in [2.24, 2.45) is 5.73 Å². The largest absolute Gasteiger partial charge is 0.369 e. The summed E-state index contributed by atoms with van der Waals surface area (Å²) in [6.07, 6.45) is 5.25. The Kier molecular flexibility index (Phi) is 3.29. The molecule has 7 nitrogen and oxygen atoms in total. The van der Waals surface area contributed by atoms with Crippen molar-refractivity contribution >= 4 is 11.9 Å². The van der Waals surface area contributed by atoms with Crippen molar-refractivity contribution in [2.45, 2.75) is 18.8 Å². The Morgan fingerprint density at radius 3 is 1.94 bits per heavy atom. The molecule has 2 rings (SSSR count). The lowest BCUT2D eigenvalue weighted by Gasteiger charge is -2.12. The number of H-pyrrole nitrogens is 2. The molecule has 0 saturated heterocycles. The summed E-state index contributed by atoms with van der Waals surface area (Å²) in [6, 6.07) is 0. The lowest BCUT2D eigenvalue weighted by molar-refractivity contribution is 0.647. The number of aromatic nitrogens is 4. The Hall–Kier alpha value is -2.02. The Bertz CT molecular complexity index is 432. The molecule has 0 saturated carbocycles. The SMILES string of the molecule is NCCCC(c1cnc(N)[nH]1)c1cnc(N)[nH]1. The van der Waals surface area contributed by atoms with E-state index in [4.69, 9.17) is 17.2 Å². The summed E-state index contributed by atoms with van der Waals surface area (Å²) >= 11 is 0. The summed E-state index contributed by atoms with van der Waals surface area (Å²) < 4.78 is 0. The highest BCUT2D eigenvalue weighted by atomic mass is 15.0. The average Bonchev–Trinajstić information content (AvgIpc) is 2.89. The van der Waals surface area contributed by atoms with Crippen LogP contribution >= 0.6 is 0 Å². The van der Waals surface area contributed by atoms with Gasteiger partial charge in [-0.2, -0.15) is 0 Å². The monoisotopic (exact) mass is 235 g/mol. The molecule has 2 heterocycles. The highest BCUT2D eigenvalue weighted by Gasteiger charge is 2.18. The number of nitrogen functional groups attached to an aromatic ring is 2. The van der Waals surface area contributed by atoms with Gasteiger partial charge in [0.25, 0.3) is 0 Å². The van der Waals surface area contributed by atoms with Crippen LogP contribution in [0.25, 0.3) is 0 Å². The first-order chi connectivity index (χ1) is 8.20. The molecule has 0 spiro atoms. The molecule has 0 aliphatic carbocycles. The van der Waals surface area contributed by atoms with Crippen LogP contribution in [0.5, 0.6) is 0 Å². The Balaban J connectivity index is 2.24. The molecule has 0 bridgehead atoms. The second-order valence-corrected chi connectivity index (χ2v) is 3.93. The molecule has 0 unspecified atom stereocenters. The summed E-state index contributed by atoms with van der Waals surface area (Å²) in [6.45, 7) is 0.643. The number of aromatic amines is 2. The van der Waals surface area contributed by atoms with Crippen molar-refractivity contribution in [3.63, 3.8) is 0 Å². The van der Waals surface area contributed by atoms with Crippen LogP contribution in [0.15, 0.2) is 12.4 Å². The maximum atomic E-state index is 5.59. The van der Waals surface area contributed by atoms with Gasteiger partial charge in [0.2, 0.25) is 0 Å².